The Morgan fingerprint density at radius 1 is 1.26 bits per heavy atom. The first kappa shape index (κ1) is 13.1. The molecule has 1 saturated carbocycles. The summed E-state index contributed by atoms with van der Waals surface area (Å²) in [6.45, 7) is 0. The second kappa shape index (κ2) is 5.51. The fourth-order valence-corrected chi connectivity index (χ4v) is 2.31. The van der Waals surface area contributed by atoms with Crippen molar-refractivity contribution in [2.75, 3.05) is 5.32 Å². The second-order valence-electron chi connectivity index (χ2n) is 4.74. The lowest BCUT2D eigenvalue weighted by Gasteiger charge is -2.11. The van der Waals surface area contributed by atoms with E-state index in [1.54, 1.807) is 6.07 Å². The standard InChI is InChI=1S/C14H14N4O/c15-7-10-2-4-13(6-11(10)8-16)18-14(19)9-1-3-12(17)5-9/h2,4,6,9,12H,1,3,5,17H2,(H,18,19). The van der Waals surface area contributed by atoms with E-state index in [0.29, 0.717) is 17.7 Å². The lowest BCUT2D eigenvalue weighted by atomic mass is 10.1. The van der Waals surface area contributed by atoms with E-state index in [9.17, 15) is 4.79 Å². The maximum Gasteiger partial charge on any atom is 0.227 e. The number of rotatable bonds is 2. The largest absolute Gasteiger partial charge is 0.328 e. The van der Waals surface area contributed by atoms with Gasteiger partial charge in [0.15, 0.2) is 0 Å². The highest BCUT2D eigenvalue weighted by molar-refractivity contribution is 5.93. The molecule has 0 saturated heterocycles. The van der Waals surface area contributed by atoms with Gasteiger partial charge < -0.3 is 11.1 Å². The summed E-state index contributed by atoms with van der Waals surface area (Å²) in [5, 5.41) is 20.5. The summed E-state index contributed by atoms with van der Waals surface area (Å²) >= 11 is 0. The number of hydrogen-bond donors (Lipinski definition) is 2. The van der Waals surface area contributed by atoms with Crippen molar-refractivity contribution in [3.63, 3.8) is 0 Å². The number of nitrogens with zero attached hydrogens (tertiary/aromatic N) is 2. The molecule has 3 N–H and O–H groups in total. The van der Waals surface area contributed by atoms with E-state index in [0.717, 1.165) is 12.8 Å². The molecule has 1 aliphatic carbocycles. The van der Waals surface area contributed by atoms with Gasteiger partial charge in [-0.3, -0.25) is 4.79 Å². The van der Waals surface area contributed by atoms with Crippen molar-refractivity contribution < 1.29 is 4.79 Å². The number of benzene rings is 1. The van der Waals surface area contributed by atoms with Crippen LogP contribution in [0.5, 0.6) is 0 Å². The average molecular weight is 254 g/mol. The van der Waals surface area contributed by atoms with Crippen molar-refractivity contribution in [1.29, 1.82) is 10.5 Å². The zero-order valence-electron chi connectivity index (χ0n) is 10.4. The predicted molar refractivity (Wildman–Crippen MR) is 69.8 cm³/mol. The number of nitrogens with two attached hydrogens (primary N) is 1. The molecule has 5 nitrogen and oxygen atoms in total. The van der Waals surface area contributed by atoms with E-state index < -0.39 is 0 Å². The van der Waals surface area contributed by atoms with Gasteiger partial charge in [0.1, 0.15) is 12.1 Å². The Bertz CT molecular complexity index is 582. The van der Waals surface area contributed by atoms with E-state index in [1.807, 2.05) is 12.1 Å². The smallest absolute Gasteiger partial charge is 0.227 e. The topological polar surface area (TPSA) is 103 Å². The van der Waals surface area contributed by atoms with Gasteiger partial charge in [-0.05, 0) is 37.5 Å². The summed E-state index contributed by atoms with van der Waals surface area (Å²) in [4.78, 5) is 12.0. The number of carbonyl (C=O) groups excluding carboxylic acids is 1. The third-order valence-corrected chi connectivity index (χ3v) is 3.37. The van der Waals surface area contributed by atoms with Crippen molar-refractivity contribution >= 4 is 11.6 Å². The van der Waals surface area contributed by atoms with E-state index in [1.165, 1.54) is 12.1 Å². The molecule has 0 radical (unpaired) electrons. The average Bonchev–Trinajstić information content (AvgIpc) is 2.85. The zero-order valence-corrected chi connectivity index (χ0v) is 10.4. The Morgan fingerprint density at radius 2 is 2.00 bits per heavy atom. The Balaban J connectivity index is 2.10. The molecule has 1 aromatic rings. The lowest BCUT2D eigenvalue weighted by Crippen LogP contribution is -2.23. The van der Waals surface area contributed by atoms with E-state index in [-0.39, 0.29) is 23.4 Å². The molecule has 0 bridgehead atoms. The van der Waals surface area contributed by atoms with E-state index in [4.69, 9.17) is 16.3 Å². The van der Waals surface area contributed by atoms with Crippen molar-refractivity contribution in [1.82, 2.24) is 0 Å². The fraction of sp³-hybridized carbons (Fsp3) is 0.357. The number of carbonyl (C=O) groups is 1. The van der Waals surface area contributed by atoms with Crippen LogP contribution < -0.4 is 11.1 Å². The number of anilines is 1. The first-order valence-electron chi connectivity index (χ1n) is 6.14. The molecule has 2 unspecified atom stereocenters. The van der Waals surface area contributed by atoms with Crippen LogP contribution in [-0.4, -0.2) is 11.9 Å². The van der Waals surface area contributed by atoms with E-state index in [2.05, 4.69) is 5.32 Å². The molecule has 2 atom stereocenters. The Morgan fingerprint density at radius 3 is 2.58 bits per heavy atom. The molecule has 1 aromatic carbocycles. The molecule has 2 rings (SSSR count). The predicted octanol–water partition coefficient (Wildman–Crippen LogP) is 1.50. The highest BCUT2D eigenvalue weighted by Crippen LogP contribution is 2.25. The molecular formula is C14H14N4O. The van der Waals surface area contributed by atoms with Crippen LogP contribution >= 0.6 is 0 Å². The Labute approximate surface area is 111 Å². The van der Waals surface area contributed by atoms with Crippen molar-refractivity contribution in [3.05, 3.63) is 29.3 Å². The number of nitrogens with one attached hydrogen (secondary N) is 1. The van der Waals surface area contributed by atoms with Gasteiger partial charge in [-0.25, -0.2) is 0 Å². The number of nitriles is 2. The van der Waals surface area contributed by atoms with Gasteiger partial charge in [0.25, 0.3) is 0 Å². The molecule has 19 heavy (non-hydrogen) atoms. The summed E-state index contributed by atoms with van der Waals surface area (Å²) in [6.07, 6.45) is 2.37. The second-order valence-corrected chi connectivity index (χ2v) is 4.74. The molecule has 1 amide bonds. The molecule has 0 heterocycles. The maximum atomic E-state index is 12.0. The fourth-order valence-electron chi connectivity index (χ4n) is 2.31. The molecular weight excluding hydrogens is 240 g/mol. The maximum absolute atomic E-state index is 12.0. The van der Waals surface area contributed by atoms with Gasteiger partial charge in [0.2, 0.25) is 5.91 Å². The first-order chi connectivity index (χ1) is 9.13. The van der Waals surface area contributed by atoms with Crippen LogP contribution in [0.1, 0.15) is 30.4 Å². The van der Waals surface area contributed by atoms with Gasteiger partial charge in [-0.2, -0.15) is 10.5 Å². The molecule has 0 aliphatic heterocycles. The highest BCUT2D eigenvalue weighted by atomic mass is 16.1. The molecule has 0 spiro atoms. The lowest BCUT2D eigenvalue weighted by molar-refractivity contribution is -0.119. The molecule has 5 heteroatoms. The Hall–Kier alpha value is -2.37. The van der Waals surface area contributed by atoms with Gasteiger partial charge >= 0.3 is 0 Å². The minimum Gasteiger partial charge on any atom is -0.328 e. The monoisotopic (exact) mass is 254 g/mol. The summed E-state index contributed by atoms with van der Waals surface area (Å²) < 4.78 is 0. The summed E-state index contributed by atoms with van der Waals surface area (Å²) in [5.41, 5.74) is 6.90. The Kier molecular flexibility index (Phi) is 3.79. The zero-order chi connectivity index (χ0) is 13.8. The van der Waals surface area contributed by atoms with Crippen LogP contribution in [0.15, 0.2) is 18.2 Å². The van der Waals surface area contributed by atoms with Crippen molar-refractivity contribution in [2.45, 2.75) is 25.3 Å². The third-order valence-electron chi connectivity index (χ3n) is 3.37. The molecule has 0 aromatic heterocycles. The van der Waals surface area contributed by atoms with Crippen LogP contribution in [0.4, 0.5) is 5.69 Å². The SMILES string of the molecule is N#Cc1ccc(NC(=O)C2CCC(N)C2)cc1C#N. The van der Waals surface area contributed by atoms with Crippen LogP contribution in [0.25, 0.3) is 0 Å². The van der Waals surface area contributed by atoms with Gasteiger partial charge in [0, 0.05) is 17.6 Å². The van der Waals surface area contributed by atoms with Crippen LogP contribution in [0.2, 0.25) is 0 Å². The van der Waals surface area contributed by atoms with Crippen LogP contribution in [0.3, 0.4) is 0 Å². The van der Waals surface area contributed by atoms with Gasteiger partial charge in [0.05, 0.1) is 11.1 Å². The highest BCUT2D eigenvalue weighted by Gasteiger charge is 2.27. The van der Waals surface area contributed by atoms with Crippen molar-refractivity contribution in [2.24, 2.45) is 11.7 Å². The van der Waals surface area contributed by atoms with Crippen molar-refractivity contribution in [3.8, 4) is 12.1 Å². The van der Waals surface area contributed by atoms with Crippen LogP contribution in [-0.2, 0) is 4.79 Å². The third kappa shape index (κ3) is 2.90. The van der Waals surface area contributed by atoms with Gasteiger partial charge in [-0.15, -0.1) is 0 Å². The molecule has 1 aliphatic rings. The number of amides is 1. The summed E-state index contributed by atoms with van der Waals surface area (Å²) in [5.74, 6) is -0.127. The van der Waals surface area contributed by atoms with Crippen LogP contribution in [0, 0.1) is 28.6 Å². The number of hydrogen-bond acceptors (Lipinski definition) is 4. The quantitative estimate of drug-likeness (QED) is 0.834. The summed E-state index contributed by atoms with van der Waals surface area (Å²) in [6, 6.07) is 8.67. The molecule has 96 valence electrons. The van der Waals surface area contributed by atoms with Gasteiger partial charge in [-0.1, -0.05) is 0 Å². The summed E-state index contributed by atoms with van der Waals surface area (Å²) in [7, 11) is 0. The van der Waals surface area contributed by atoms with E-state index >= 15 is 0 Å². The minimum atomic E-state index is -0.0680. The first-order valence-corrected chi connectivity index (χ1v) is 6.14. The minimum absolute atomic E-state index is 0.0591. The normalized spacial score (nSPS) is 21.4. The molecule has 1 fully saturated rings.